The number of halogens is 2. The van der Waals surface area contributed by atoms with E-state index in [1.165, 1.54) is 6.07 Å². The van der Waals surface area contributed by atoms with Crippen molar-refractivity contribution in [1.82, 2.24) is 14.9 Å². The number of rotatable bonds is 4. The largest absolute Gasteiger partial charge is 0.329 e. The third-order valence-corrected chi connectivity index (χ3v) is 2.99. The van der Waals surface area contributed by atoms with Crippen LogP contribution >= 0.6 is 15.9 Å². The first-order chi connectivity index (χ1) is 8.20. The van der Waals surface area contributed by atoms with Crippen LogP contribution in [0.2, 0.25) is 0 Å². The average molecular weight is 298 g/mol. The van der Waals surface area contributed by atoms with E-state index in [1.807, 2.05) is 23.9 Å². The highest BCUT2D eigenvalue weighted by atomic mass is 79.9. The van der Waals surface area contributed by atoms with Crippen LogP contribution in [-0.4, -0.2) is 16.6 Å². The number of aromatic nitrogens is 2. The number of nitrogens with zero attached hydrogens (tertiary/aromatic N) is 2. The first-order valence-corrected chi connectivity index (χ1v) is 6.08. The van der Waals surface area contributed by atoms with Crippen LogP contribution in [0.4, 0.5) is 4.39 Å². The summed E-state index contributed by atoms with van der Waals surface area (Å²) in [5.41, 5.74) is 0.656. The van der Waals surface area contributed by atoms with Gasteiger partial charge in [-0.3, -0.25) is 0 Å². The molecule has 1 N–H and O–H groups in total. The fourth-order valence-corrected chi connectivity index (χ4v) is 1.98. The van der Waals surface area contributed by atoms with Crippen LogP contribution in [0.25, 0.3) is 0 Å². The van der Waals surface area contributed by atoms with Gasteiger partial charge in [-0.25, -0.2) is 9.37 Å². The molecule has 17 heavy (non-hydrogen) atoms. The molecule has 0 spiro atoms. The summed E-state index contributed by atoms with van der Waals surface area (Å²) in [5, 5.41) is 3.04. The minimum Gasteiger partial charge on any atom is -0.329 e. The number of hydrogen-bond acceptors (Lipinski definition) is 2. The molecule has 0 unspecified atom stereocenters. The molecule has 0 saturated heterocycles. The minimum atomic E-state index is -0.205. The average Bonchev–Trinajstić information content (AvgIpc) is 2.71. The third-order valence-electron chi connectivity index (χ3n) is 2.49. The molecule has 90 valence electrons. The van der Waals surface area contributed by atoms with E-state index in [-0.39, 0.29) is 5.82 Å². The SMILES string of the molecule is CNCc1nccn1Cc1ccc(Br)cc1F. The lowest BCUT2D eigenvalue weighted by atomic mass is 10.2. The van der Waals surface area contributed by atoms with Gasteiger partial charge < -0.3 is 9.88 Å². The van der Waals surface area contributed by atoms with Crippen molar-refractivity contribution >= 4 is 15.9 Å². The molecule has 0 bridgehead atoms. The van der Waals surface area contributed by atoms with Crippen LogP contribution in [0.5, 0.6) is 0 Å². The van der Waals surface area contributed by atoms with Crippen LogP contribution in [-0.2, 0) is 13.1 Å². The second-order valence-corrected chi connectivity index (χ2v) is 4.65. The maximum atomic E-state index is 13.7. The van der Waals surface area contributed by atoms with Gasteiger partial charge in [0, 0.05) is 22.4 Å². The predicted molar refractivity (Wildman–Crippen MR) is 68.2 cm³/mol. The Labute approximate surface area is 108 Å². The Morgan fingerprint density at radius 1 is 1.47 bits per heavy atom. The van der Waals surface area contributed by atoms with E-state index in [0.29, 0.717) is 18.7 Å². The number of benzene rings is 1. The van der Waals surface area contributed by atoms with Gasteiger partial charge in [-0.15, -0.1) is 0 Å². The summed E-state index contributed by atoms with van der Waals surface area (Å²) in [5.74, 6) is 0.693. The Bertz CT molecular complexity index is 510. The van der Waals surface area contributed by atoms with Crippen molar-refractivity contribution in [3.05, 3.63) is 52.3 Å². The molecule has 0 amide bonds. The highest BCUT2D eigenvalue weighted by Gasteiger charge is 2.06. The molecule has 5 heteroatoms. The van der Waals surface area contributed by atoms with Gasteiger partial charge in [-0.1, -0.05) is 22.0 Å². The molecule has 1 heterocycles. The van der Waals surface area contributed by atoms with Gasteiger partial charge in [0.15, 0.2) is 0 Å². The summed E-state index contributed by atoms with van der Waals surface area (Å²) in [6.45, 7) is 1.17. The van der Waals surface area contributed by atoms with Gasteiger partial charge >= 0.3 is 0 Å². The number of imidazole rings is 1. The van der Waals surface area contributed by atoms with Crippen LogP contribution < -0.4 is 5.32 Å². The quantitative estimate of drug-likeness (QED) is 0.940. The zero-order valence-electron chi connectivity index (χ0n) is 9.45. The molecule has 0 aliphatic rings. The summed E-state index contributed by atoms with van der Waals surface area (Å²) in [7, 11) is 1.86. The maximum absolute atomic E-state index is 13.7. The van der Waals surface area contributed by atoms with E-state index in [9.17, 15) is 4.39 Å². The van der Waals surface area contributed by atoms with E-state index in [1.54, 1.807) is 12.3 Å². The normalized spacial score (nSPS) is 10.8. The molecule has 1 aromatic carbocycles. The van der Waals surface area contributed by atoms with Crippen LogP contribution in [0.3, 0.4) is 0 Å². The summed E-state index contributed by atoms with van der Waals surface area (Å²) >= 11 is 3.24. The third kappa shape index (κ3) is 2.92. The van der Waals surface area contributed by atoms with Gasteiger partial charge in [-0.05, 0) is 19.2 Å². The molecule has 0 saturated carbocycles. The lowest BCUT2D eigenvalue weighted by Crippen LogP contribution is -2.13. The van der Waals surface area contributed by atoms with Crippen LogP contribution in [0, 0.1) is 5.82 Å². The van der Waals surface area contributed by atoms with E-state index in [2.05, 4.69) is 26.2 Å². The van der Waals surface area contributed by atoms with Crippen molar-refractivity contribution < 1.29 is 4.39 Å². The van der Waals surface area contributed by atoms with E-state index < -0.39 is 0 Å². The van der Waals surface area contributed by atoms with Crippen molar-refractivity contribution in [1.29, 1.82) is 0 Å². The Morgan fingerprint density at radius 2 is 2.29 bits per heavy atom. The molecular weight excluding hydrogens is 285 g/mol. The van der Waals surface area contributed by atoms with Crippen LogP contribution in [0.1, 0.15) is 11.4 Å². The van der Waals surface area contributed by atoms with Crippen molar-refractivity contribution in [2.24, 2.45) is 0 Å². The second kappa shape index (κ2) is 5.42. The predicted octanol–water partition coefficient (Wildman–Crippen LogP) is 2.55. The molecule has 2 aromatic rings. The van der Waals surface area contributed by atoms with Gasteiger partial charge in [0.1, 0.15) is 11.6 Å². The highest BCUT2D eigenvalue weighted by molar-refractivity contribution is 9.10. The van der Waals surface area contributed by atoms with Crippen molar-refractivity contribution in [2.45, 2.75) is 13.1 Å². The van der Waals surface area contributed by atoms with Crippen molar-refractivity contribution in [2.75, 3.05) is 7.05 Å². The molecule has 0 radical (unpaired) electrons. The molecule has 0 atom stereocenters. The summed E-state index contributed by atoms with van der Waals surface area (Å²) in [6.07, 6.45) is 3.58. The summed E-state index contributed by atoms with van der Waals surface area (Å²) in [4.78, 5) is 4.22. The summed E-state index contributed by atoms with van der Waals surface area (Å²) in [6, 6.07) is 5.10. The Morgan fingerprint density at radius 3 is 3.00 bits per heavy atom. The van der Waals surface area contributed by atoms with Crippen molar-refractivity contribution in [3.63, 3.8) is 0 Å². The van der Waals surface area contributed by atoms with Gasteiger partial charge in [0.05, 0.1) is 13.1 Å². The lowest BCUT2D eigenvalue weighted by molar-refractivity contribution is 0.589. The minimum absolute atomic E-state index is 0.205. The molecule has 0 fully saturated rings. The Hall–Kier alpha value is -1.20. The van der Waals surface area contributed by atoms with E-state index in [0.717, 1.165) is 10.3 Å². The fourth-order valence-electron chi connectivity index (χ4n) is 1.64. The maximum Gasteiger partial charge on any atom is 0.129 e. The monoisotopic (exact) mass is 297 g/mol. The highest BCUT2D eigenvalue weighted by Crippen LogP contribution is 2.16. The van der Waals surface area contributed by atoms with Gasteiger partial charge in [-0.2, -0.15) is 0 Å². The molecule has 2 rings (SSSR count). The first-order valence-electron chi connectivity index (χ1n) is 5.29. The first kappa shape index (κ1) is 12.3. The lowest BCUT2D eigenvalue weighted by Gasteiger charge is -2.08. The topological polar surface area (TPSA) is 29.9 Å². The van der Waals surface area contributed by atoms with E-state index >= 15 is 0 Å². The molecule has 0 aliphatic heterocycles. The van der Waals surface area contributed by atoms with Gasteiger partial charge in [0.25, 0.3) is 0 Å². The molecular formula is C12H13BrFN3. The molecule has 0 aliphatic carbocycles. The smallest absolute Gasteiger partial charge is 0.129 e. The number of nitrogens with one attached hydrogen (secondary N) is 1. The summed E-state index contributed by atoms with van der Waals surface area (Å²) < 4.78 is 16.4. The fraction of sp³-hybridized carbons (Fsp3) is 0.250. The zero-order chi connectivity index (χ0) is 12.3. The van der Waals surface area contributed by atoms with Gasteiger partial charge in [0.2, 0.25) is 0 Å². The standard InChI is InChI=1S/C12H13BrFN3/c1-15-7-12-16-4-5-17(12)8-9-2-3-10(13)6-11(9)14/h2-6,15H,7-8H2,1H3. The molecule has 1 aromatic heterocycles. The van der Waals surface area contributed by atoms with Crippen molar-refractivity contribution in [3.8, 4) is 0 Å². The Kier molecular flexibility index (Phi) is 3.91. The van der Waals surface area contributed by atoms with Crippen LogP contribution in [0.15, 0.2) is 35.1 Å². The zero-order valence-corrected chi connectivity index (χ0v) is 11.0. The second-order valence-electron chi connectivity index (χ2n) is 3.74. The van der Waals surface area contributed by atoms with E-state index in [4.69, 9.17) is 0 Å². The Balaban J connectivity index is 2.22. The molecule has 3 nitrogen and oxygen atoms in total. The number of hydrogen-bond donors (Lipinski definition) is 1.